The molecule has 0 spiro atoms. The molecule has 0 N–H and O–H groups in total. The minimum Gasteiger partial charge on any atom is -0.456 e. The van der Waals surface area contributed by atoms with Gasteiger partial charge in [-0.3, -0.25) is 0 Å². The van der Waals surface area contributed by atoms with Gasteiger partial charge in [0.25, 0.3) is 13.4 Å². The average Bonchev–Trinajstić information content (AvgIpc) is 1.98. The van der Waals surface area contributed by atoms with Gasteiger partial charge >= 0.3 is 0 Å². The number of anilines is 6. The number of aryl methyl sites for hydroxylation is 6. The summed E-state index contributed by atoms with van der Waals surface area (Å²) in [7, 11) is 0. The smallest absolute Gasteiger partial charge is 0.256 e. The Labute approximate surface area is 470 Å². The normalized spacial score (nSPS) is 13.1. The summed E-state index contributed by atoms with van der Waals surface area (Å²) in [5.74, 6) is 3.46. The van der Waals surface area contributed by atoms with Crippen molar-refractivity contribution in [1.82, 2.24) is 0 Å². The van der Waals surface area contributed by atoms with E-state index in [0.717, 1.165) is 91.8 Å². The molecule has 4 aliphatic heterocycles. The van der Waals surface area contributed by atoms with E-state index in [9.17, 15) is 0 Å². The maximum Gasteiger partial charge on any atom is 0.256 e. The van der Waals surface area contributed by atoms with E-state index < -0.39 is 0 Å². The van der Waals surface area contributed by atoms with Crippen LogP contribution in [0.3, 0.4) is 0 Å². The number of hydrogen-bond acceptors (Lipinski definition) is 4. The van der Waals surface area contributed by atoms with Gasteiger partial charge in [0.2, 0.25) is 0 Å². The van der Waals surface area contributed by atoms with Crippen LogP contribution >= 0.6 is 0 Å². The van der Waals surface area contributed by atoms with E-state index >= 15 is 0 Å². The Morgan fingerprint density at radius 3 is 0.938 bits per heavy atom. The Kier molecular flexibility index (Phi) is 11.2. The summed E-state index contributed by atoms with van der Waals surface area (Å²) in [6, 6.07) is 81.9. The van der Waals surface area contributed by atoms with Crippen molar-refractivity contribution < 1.29 is 9.47 Å². The van der Waals surface area contributed by atoms with Gasteiger partial charge in [0.05, 0.1) is 11.4 Å². The Bertz CT molecular complexity index is 4000. The fraction of sp³-hybridized carbons (Fsp3) is 0.108. The van der Waals surface area contributed by atoms with Gasteiger partial charge in [-0.2, -0.15) is 0 Å². The van der Waals surface area contributed by atoms with Crippen LogP contribution in [-0.2, 0) is 12.8 Å². The lowest BCUT2D eigenvalue weighted by molar-refractivity contribution is 0.477. The fourth-order valence-electron chi connectivity index (χ4n) is 13.1. The predicted octanol–water partition coefficient (Wildman–Crippen LogP) is 15.5. The SMILES string of the molecule is CCc1ccc2c(c1)B1c3cc(-c4ccc(C)cc4)ccc3N(c3ccc(-c4ccc(C)cc4)cc3)c3c4c5c(c(c31)O2)N(c1ccc(-c2ccc(C)cc2)cc1)c1ccc(-c2ccc(C)cc2)cc1B5c1cc(CC)ccc1O4. The molecule has 4 heterocycles. The minimum atomic E-state index is -0.206. The molecule has 0 saturated carbocycles. The molecule has 4 nitrogen and oxygen atoms in total. The number of benzene rings is 11. The largest absolute Gasteiger partial charge is 0.456 e. The number of nitrogens with zero attached hydrogens (tertiary/aromatic N) is 2. The van der Waals surface area contributed by atoms with E-state index in [1.807, 2.05) is 0 Å². The van der Waals surface area contributed by atoms with E-state index in [1.165, 1.54) is 88.8 Å². The van der Waals surface area contributed by atoms with Crippen molar-refractivity contribution in [3.63, 3.8) is 0 Å². The van der Waals surface area contributed by atoms with Crippen molar-refractivity contribution in [2.45, 2.75) is 54.4 Å². The highest BCUT2D eigenvalue weighted by Crippen LogP contribution is 2.54. The maximum absolute atomic E-state index is 7.79. The molecule has 0 aliphatic carbocycles. The third-order valence-electron chi connectivity index (χ3n) is 17.4. The lowest BCUT2D eigenvalue weighted by Gasteiger charge is -2.47. The quantitative estimate of drug-likeness (QED) is 0.142. The highest BCUT2D eigenvalue weighted by atomic mass is 16.5. The Hall–Kier alpha value is -9.25. The van der Waals surface area contributed by atoms with E-state index in [2.05, 4.69) is 270 Å². The van der Waals surface area contributed by atoms with E-state index in [4.69, 9.17) is 9.47 Å². The van der Waals surface area contributed by atoms with Crippen molar-refractivity contribution in [1.29, 1.82) is 0 Å². The first-order chi connectivity index (χ1) is 39.2. The van der Waals surface area contributed by atoms with Gasteiger partial charge in [-0.1, -0.05) is 206 Å². The number of hydrogen-bond donors (Lipinski definition) is 0. The number of rotatable bonds is 8. The summed E-state index contributed by atoms with van der Waals surface area (Å²) in [6.45, 7) is 12.7. The first-order valence-corrected chi connectivity index (χ1v) is 28.4. The molecule has 6 heteroatoms. The minimum absolute atomic E-state index is 0.206. The molecule has 0 fully saturated rings. The second-order valence-corrected chi connectivity index (χ2v) is 22.5. The zero-order valence-corrected chi connectivity index (χ0v) is 46.1. The van der Waals surface area contributed by atoms with Crippen LogP contribution < -0.4 is 52.1 Å². The van der Waals surface area contributed by atoms with E-state index in [1.54, 1.807) is 0 Å². The van der Waals surface area contributed by atoms with Gasteiger partial charge in [-0.15, -0.1) is 0 Å². The highest BCUT2D eigenvalue weighted by Gasteiger charge is 2.52. The molecule has 15 rings (SSSR count). The van der Waals surface area contributed by atoms with Crippen molar-refractivity contribution >= 4 is 80.3 Å². The van der Waals surface area contributed by atoms with Crippen LogP contribution in [0.5, 0.6) is 23.0 Å². The monoisotopic (exact) mass is 1030 g/mol. The van der Waals surface area contributed by atoms with Crippen LogP contribution in [-0.4, -0.2) is 13.4 Å². The van der Waals surface area contributed by atoms with E-state index in [0.29, 0.717) is 0 Å². The molecule has 0 unspecified atom stereocenters. The van der Waals surface area contributed by atoms with Crippen molar-refractivity contribution in [3.8, 4) is 67.5 Å². The molecule has 11 aromatic carbocycles. The standard InChI is InChI=1S/C74H58B2N2O2/c1-7-49-17-39-67-63(41-49)75-61-43-57(55-23-13-47(5)14-24-55)31-37-65(61)77(59-33-27-53(28-34-59)51-19-9-45(3)10-20-51)71-69(75)73(79-67)72-70-74(71)80-68-40-18-50(8-2)42-64(68)76(70)62-44-58(56-25-15-48(6)16-26-56)32-38-66(62)78(72)60-35-29-54(30-36-60)52-21-11-46(4)12-22-52/h9-44H,7-8H2,1-6H3. The van der Waals surface area contributed by atoms with Crippen LogP contribution in [0.4, 0.5) is 34.1 Å². The topological polar surface area (TPSA) is 24.9 Å². The predicted molar refractivity (Wildman–Crippen MR) is 338 cm³/mol. The van der Waals surface area contributed by atoms with Crippen LogP contribution in [0.15, 0.2) is 218 Å². The fourth-order valence-corrected chi connectivity index (χ4v) is 13.1. The third kappa shape index (κ3) is 7.68. The van der Waals surface area contributed by atoms with Crippen molar-refractivity contribution in [2.75, 3.05) is 9.80 Å². The molecule has 0 bridgehead atoms. The van der Waals surface area contributed by atoms with E-state index in [-0.39, 0.29) is 13.4 Å². The summed E-state index contributed by atoms with van der Waals surface area (Å²) < 4.78 is 15.6. The van der Waals surface area contributed by atoms with Gasteiger partial charge in [0.1, 0.15) is 23.0 Å². The zero-order valence-electron chi connectivity index (χ0n) is 46.1. The molecule has 0 saturated heterocycles. The molecule has 4 aliphatic rings. The third-order valence-corrected chi connectivity index (χ3v) is 17.4. The molecule has 382 valence electrons. The highest BCUT2D eigenvalue weighted by molar-refractivity contribution is 7.02. The molecule has 0 amide bonds. The summed E-state index contributed by atoms with van der Waals surface area (Å²) in [6.07, 6.45) is 1.81. The van der Waals surface area contributed by atoms with Gasteiger partial charge in [-0.05, 0) is 167 Å². The molecular weight excluding hydrogens is 970 g/mol. The lowest BCUT2D eigenvalue weighted by Crippen LogP contribution is -2.64. The molecule has 0 radical (unpaired) electrons. The first-order valence-electron chi connectivity index (χ1n) is 28.4. The first kappa shape index (κ1) is 47.9. The van der Waals surface area contributed by atoms with Gasteiger partial charge in [-0.25, -0.2) is 0 Å². The van der Waals surface area contributed by atoms with Gasteiger partial charge < -0.3 is 19.3 Å². The number of ether oxygens (including phenoxy) is 2. The summed E-state index contributed by atoms with van der Waals surface area (Å²) in [5.41, 5.74) is 30.2. The van der Waals surface area contributed by atoms with Crippen LogP contribution in [0.2, 0.25) is 0 Å². The average molecular weight is 1030 g/mol. The Balaban J connectivity index is 1.06. The lowest BCUT2D eigenvalue weighted by atomic mass is 9.31. The van der Waals surface area contributed by atoms with Crippen LogP contribution in [0, 0.1) is 27.7 Å². The Morgan fingerprint density at radius 2 is 0.613 bits per heavy atom. The Morgan fingerprint density at radius 1 is 0.312 bits per heavy atom. The van der Waals surface area contributed by atoms with Crippen molar-refractivity contribution in [3.05, 3.63) is 252 Å². The summed E-state index contributed by atoms with van der Waals surface area (Å²) >= 11 is 0. The summed E-state index contributed by atoms with van der Waals surface area (Å²) in [4.78, 5) is 5.00. The zero-order chi connectivity index (χ0) is 53.9. The summed E-state index contributed by atoms with van der Waals surface area (Å²) in [5, 5.41) is 0. The maximum atomic E-state index is 7.79. The molecule has 80 heavy (non-hydrogen) atoms. The van der Waals surface area contributed by atoms with Crippen molar-refractivity contribution in [2.24, 2.45) is 0 Å². The molecular formula is C74H58B2N2O2. The molecule has 11 aromatic rings. The van der Waals surface area contributed by atoms with Crippen LogP contribution in [0.25, 0.3) is 44.5 Å². The molecule has 0 aromatic heterocycles. The van der Waals surface area contributed by atoms with Crippen LogP contribution in [0.1, 0.15) is 47.2 Å². The van der Waals surface area contributed by atoms with Gasteiger partial charge in [0, 0.05) is 33.7 Å². The number of fused-ring (bicyclic) bond motifs is 10. The molecule has 0 atom stereocenters. The van der Waals surface area contributed by atoms with Gasteiger partial charge in [0.15, 0.2) is 0 Å². The second-order valence-electron chi connectivity index (χ2n) is 22.5. The second kappa shape index (κ2) is 18.7.